The molecule has 0 fully saturated rings. The first kappa shape index (κ1) is 20.0. The predicted octanol–water partition coefficient (Wildman–Crippen LogP) is 3.43. The van der Waals surface area contributed by atoms with Crippen molar-refractivity contribution in [2.75, 3.05) is 33.8 Å². The molecular weight excluding hydrogens is 350 g/mol. The number of carboxylic acid groups (broad SMARTS) is 1. The van der Waals surface area contributed by atoms with Crippen LogP contribution in [0.3, 0.4) is 0 Å². The topological polar surface area (TPSA) is 86.3 Å². The van der Waals surface area contributed by atoms with Crippen LogP contribution in [0, 0.1) is 0 Å². The summed E-state index contributed by atoms with van der Waals surface area (Å²) in [5.41, 5.74) is 2.45. The fourth-order valence-corrected chi connectivity index (χ4v) is 2.56. The summed E-state index contributed by atoms with van der Waals surface area (Å²) in [6.45, 7) is 0.491. The maximum absolute atomic E-state index is 10.6. The predicted molar refractivity (Wildman–Crippen MR) is 103 cm³/mol. The first-order chi connectivity index (χ1) is 13.0. The highest BCUT2D eigenvalue weighted by atomic mass is 16.5. The Balaban J connectivity index is 2.22. The number of carboxylic acids is 1. The summed E-state index contributed by atoms with van der Waals surface area (Å²) in [4.78, 5) is 10.6. The standard InChI is InChI=1S/C20H23NO6/c1-24-16-9-13(6-8-19(22)23)5-7-14(16)12-21-15-10-17(25-2)20(27-4)18(11-15)26-3/h5-11,21H,12H2,1-4H3,(H,22,23). The zero-order valence-electron chi connectivity index (χ0n) is 15.7. The van der Waals surface area contributed by atoms with Crippen LogP contribution in [0.5, 0.6) is 23.0 Å². The number of nitrogens with one attached hydrogen (secondary N) is 1. The molecule has 0 atom stereocenters. The van der Waals surface area contributed by atoms with Gasteiger partial charge in [-0.3, -0.25) is 0 Å². The smallest absolute Gasteiger partial charge is 0.328 e. The molecule has 0 saturated heterocycles. The fourth-order valence-electron chi connectivity index (χ4n) is 2.56. The number of anilines is 1. The molecule has 7 nitrogen and oxygen atoms in total. The van der Waals surface area contributed by atoms with Crippen molar-refractivity contribution in [2.24, 2.45) is 0 Å². The van der Waals surface area contributed by atoms with Crippen molar-refractivity contribution in [2.45, 2.75) is 6.54 Å². The first-order valence-electron chi connectivity index (χ1n) is 8.14. The number of aliphatic carboxylic acids is 1. The molecule has 0 saturated carbocycles. The Morgan fingerprint density at radius 1 is 0.963 bits per heavy atom. The Labute approximate surface area is 158 Å². The van der Waals surface area contributed by atoms with Crippen LogP contribution in [0.2, 0.25) is 0 Å². The summed E-state index contributed by atoms with van der Waals surface area (Å²) in [5, 5.41) is 12.0. The molecule has 0 aliphatic carbocycles. The van der Waals surface area contributed by atoms with Crippen LogP contribution in [0.4, 0.5) is 5.69 Å². The molecule has 0 aliphatic heterocycles. The van der Waals surface area contributed by atoms with Gasteiger partial charge >= 0.3 is 5.97 Å². The molecule has 0 bridgehead atoms. The van der Waals surface area contributed by atoms with E-state index in [0.717, 1.165) is 22.9 Å². The van der Waals surface area contributed by atoms with Gasteiger partial charge in [0.2, 0.25) is 5.75 Å². The molecule has 2 rings (SSSR count). The quantitative estimate of drug-likeness (QED) is 0.651. The Hall–Kier alpha value is -3.35. The SMILES string of the molecule is COc1cc(C=CC(=O)O)ccc1CNc1cc(OC)c(OC)c(OC)c1. The van der Waals surface area contributed by atoms with E-state index in [9.17, 15) is 4.79 Å². The third kappa shape index (κ3) is 5.07. The third-order valence-electron chi connectivity index (χ3n) is 3.88. The van der Waals surface area contributed by atoms with Crippen LogP contribution < -0.4 is 24.3 Å². The van der Waals surface area contributed by atoms with Gasteiger partial charge in [0.05, 0.1) is 28.4 Å². The second kappa shape index (κ2) is 9.38. The van der Waals surface area contributed by atoms with Crippen molar-refractivity contribution < 1.29 is 28.8 Å². The summed E-state index contributed by atoms with van der Waals surface area (Å²) in [6, 6.07) is 9.13. The molecule has 27 heavy (non-hydrogen) atoms. The Morgan fingerprint density at radius 2 is 1.59 bits per heavy atom. The van der Waals surface area contributed by atoms with Gasteiger partial charge in [-0.25, -0.2) is 4.79 Å². The molecule has 0 amide bonds. The van der Waals surface area contributed by atoms with E-state index < -0.39 is 5.97 Å². The normalized spacial score (nSPS) is 10.5. The zero-order valence-corrected chi connectivity index (χ0v) is 15.7. The highest BCUT2D eigenvalue weighted by Gasteiger charge is 2.13. The largest absolute Gasteiger partial charge is 0.496 e. The monoisotopic (exact) mass is 373 g/mol. The first-order valence-corrected chi connectivity index (χ1v) is 8.14. The minimum atomic E-state index is -0.998. The maximum Gasteiger partial charge on any atom is 0.328 e. The zero-order chi connectivity index (χ0) is 19.8. The second-order valence-electron chi connectivity index (χ2n) is 5.51. The molecule has 0 radical (unpaired) electrons. The summed E-state index contributed by atoms with van der Waals surface area (Å²) in [5.74, 6) is 1.29. The van der Waals surface area contributed by atoms with Crippen molar-refractivity contribution in [3.05, 3.63) is 47.5 Å². The Bertz CT molecular complexity index is 806. The molecule has 144 valence electrons. The molecule has 0 heterocycles. The van der Waals surface area contributed by atoms with Crippen molar-refractivity contribution >= 4 is 17.7 Å². The third-order valence-corrected chi connectivity index (χ3v) is 3.88. The van der Waals surface area contributed by atoms with Gasteiger partial charge in [-0.05, 0) is 17.7 Å². The summed E-state index contributed by atoms with van der Waals surface area (Å²) in [6.07, 6.45) is 2.60. The molecule has 0 aliphatic rings. The van der Waals surface area contributed by atoms with Crippen LogP contribution in [-0.4, -0.2) is 39.5 Å². The number of methoxy groups -OCH3 is 4. The lowest BCUT2D eigenvalue weighted by atomic mass is 10.1. The van der Waals surface area contributed by atoms with E-state index in [1.165, 1.54) is 6.08 Å². The number of benzene rings is 2. The van der Waals surface area contributed by atoms with Crippen LogP contribution in [0.25, 0.3) is 6.08 Å². The summed E-state index contributed by atoms with van der Waals surface area (Å²) < 4.78 is 21.4. The number of rotatable bonds is 9. The van der Waals surface area contributed by atoms with E-state index in [4.69, 9.17) is 24.1 Å². The molecular formula is C20H23NO6. The lowest BCUT2D eigenvalue weighted by molar-refractivity contribution is -0.131. The van der Waals surface area contributed by atoms with E-state index in [1.807, 2.05) is 24.3 Å². The molecule has 0 spiro atoms. The minimum absolute atomic E-state index is 0.491. The molecule has 0 aromatic heterocycles. The van der Waals surface area contributed by atoms with Gasteiger partial charge in [-0.2, -0.15) is 0 Å². The van der Waals surface area contributed by atoms with Gasteiger partial charge in [-0.1, -0.05) is 12.1 Å². The van der Waals surface area contributed by atoms with E-state index in [-0.39, 0.29) is 0 Å². The van der Waals surface area contributed by atoms with Crippen molar-refractivity contribution in [1.82, 2.24) is 0 Å². The Kier molecular flexibility index (Phi) is 6.93. The fraction of sp³-hybridized carbons (Fsp3) is 0.250. The molecule has 7 heteroatoms. The number of hydrogen-bond acceptors (Lipinski definition) is 6. The van der Waals surface area contributed by atoms with E-state index >= 15 is 0 Å². The minimum Gasteiger partial charge on any atom is -0.496 e. The maximum atomic E-state index is 10.6. The number of carbonyl (C=O) groups is 1. The number of hydrogen-bond donors (Lipinski definition) is 2. The van der Waals surface area contributed by atoms with Gasteiger partial charge < -0.3 is 29.4 Å². The van der Waals surface area contributed by atoms with Gasteiger partial charge in [0.25, 0.3) is 0 Å². The van der Waals surface area contributed by atoms with Crippen molar-refractivity contribution in [1.29, 1.82) is 0 Å². The van der Waals surface area contributed by atoms with Crippen molar-refractivity contribution in [3.8, 4) is 23.0 Å². The summed E-state index contributed by atoms with van der Waals surface area (Å²) in [7, 11) is 6.25. The van der Waals surface area contributed by atoms with E-state index in [2.05, 4.69) is 5.32 Å². The van der Waals surface area contributed by atoms with E-state index in [1.54, 1.807) is 34.5 Å². The number of ether oxygens (including phenoxy) is 4. The average molecular weight is 373 g/mol. The Morgan fingerprint density at radius 3 is 2.11 bits per heavy atom. The lowest BCUT2D eigenvalue weighted by Gasteiger charge is -2.16. The molecule has 2 aromatic carbocycles. The average Bonchev–Trinajstić information content (AvgIpc) is 2.69. The van der Waals surface area contributed by atoms with Crippen LogP contribution in [-0.2, 0) is 11.3 Å². The van der Waals surface area contributed by atoms with Crippen LogP contribution >= 0.6 is 0 Å². The van der Waals surface area contributed by atoms with Gasteiger partial charge in [0.1, 0.15) is 5.75 Å². The van der Waals surface area contributed by atoms with Crippen LogP contribution in [0.15, 0.2) is 36.4 Å². The summed E-state index contributed by atoms with van der Waals surface area (Å²) >= 11 is 0. The van der Waals surface area contributed by atoms with Crippen LogP contribution in [0.1, 0.15) is 11.1 Å². The van der Waals surface area contributed by atoms with Gasteiger partial charge in [-0.15, -0.1) is 0 Å². The van der Waals surface area contributed by atoms with Gasteiger partial charge in [0.15, 0.2) is 11.5 Å². The highest BCUT2D eigenvalue weighted by molar-refractivity contribution is 5.85. The molecule has 2 N–H and O–H groups in total. The van der Waals surface area contributed by atoms with Gasteiger partial charge in [0, 0.05) is 36.0 Å². The molecule has 2 aromatic rings. The highest BCUT2D eigenvalue weighted by Crippen LogP contribution is 2.40. The lowest BCUT2D eigenvalue weighted by Crippen LogP contribution is -2.03. The molecule has 0 unspecified atom stereocenters. The van der Waals surface area contributed by atoms with Crippen molar-refractivity contribution in [3.63, 3.8) is 0 Å². The second-order valence-corrected chi connectivity index (χ2v) is 5.51. The van der Waals surface area contributed by atoms with E-state index in [0.29, 0.717) is 29.5 Å².